The molecule has 3 nitrogen and oxygen atoms in total. The van der Waals surface area contributed by atoms with Gasteiger partial charge in [-0.2, -0.15) is 0 Å². The number of hydrogen-bond acceptors (Lipinski definition) is 3. The molecule has 84 valence electrons. The van der Waals surface area contributed by atoms with Gasteiger partial charge in [0, 0.05) is 0 Å². The molecule has 0 rings (SSSR count). The van der Waals surface area contributed by atoms with Gasteiger partial charge in [-0.3, -0.25) is 0 Å². The van der Waals surface area contributed by atoms with E-state index in [4.69, 9.17) is 5.21 Å². The fourth-order valence-corrected chi connectivity index (χ4v) is 1.33. The maximum Gasteiger partial charge on any atom is 0.0631 e. The van der Waals surface area contributed by atoms with Crippen molar-refractivity contribution in [3.05, 3.63) is 0 Å². The molecule has 0 amide bonds. The van der Waals surface area contributed by atoms with E-state index in [0.29, 0.717) is 0 Å². The molecule has 0 aliphatic carbocycles. The average Bonchev–Trinajstić information content (AvgIpc) is 2.11. The van der Waals surface area contributed by atoms with Crippen LogP contribution in [0.2, 0.25) is 0 Å². The van der Waals surface area contributed by atoms with Crippen molar-refractivity contribution < 1.29 is 5.21 Å². The molecule has 0 atom stereocenters. The predicted molar refractivity (Wildman–Crippen MR) is 61.1 cm³/mol. The molecule has 0 saturated heterocycles. The van der Waals surface area contributed by atoms with Crippen LogP contribution in [0.1, 0.15) is 52.9 Å². The van der Waals surface area contributed by atoms with Crippen LogP contribution in [0.3, 0.4) is 0 Å². The summed E-state index contributed by atoms with van der Waals surface area (Å²) < 4.78 is 0. The van der Waals surface area contributed by atoms with E-state index in [-0.39, 0.29) is 5.54 Å². The first-order chi connectivity index (χ1) is 6.62. The minimum absolute atomic E-state index is 0.195. The molecule has 0 aliphatic rings. The van der Waals surface area contributed by atoms with E-state index in [1.54, 1.807) is 0 Å². The van der Waals surface area contributed by atoms with Gasteiger partial charge in [-0.05, 0) is 26.8 Å². The summed E-state index contributed by atoms with van der Waals surface area (Å²) in [6.07, 6.45) is 7.96. The lowest BCUT2D eigenvalue weighted by Crippen LogP contribution is -2.41. The van der Waals surface area contributed by atoms with Gasteiger partial charge in [-0.25, -0.2) is 0 Å². The second-order valence-corrected chi connectivity index (χ2v) is 4.31. The van der Waals surface area contributed by atoms with Crippen LogP contribution >= 0.6 is 0 Å². The fourth-order valence-electron chi connectivity index (χ4n) is 1.33. The van der Waals surface area contributed by atoms with E-state index in [1.807, 2.05) is 13.8 Å². The Morgan fingerprint density at radius 3 is 2.43 bits per heavy atom. The van der Waals surface area contributed by atoms with Crippen molar-refractivity contribution in [3.63, 3.8) is 0 Å². The van der Waals surface area contributed by atoms with Crippen LogP contribution < -0.4 is 5.32 Å². The Morgan fingerprint density at radius 2 is 1.86 bits per heavy atom. The highest BCUT2D eigenvalue weighted by molar-refractivity contribution is 5.68. The Morgan fingerprint density at radius 1 is 1.21 bits per heavy atom. The first-order valence-electron chi connectivity index (χ1n) is 5.56. The number of hydrogen-bond donors (Lipinski definition) is 2. The topological polar surface area (TPSA) is 44.6 Å². The van der Waals surface area contributed by atoms with Gasteiger partial charge in [0.15, 0.2) is 0 Å². The van der Waals surface area contributed by atoms with E-state index < -0.39 is 0 Å². The van der Waals surface area contributed by atoms with Crippen LogP contribution in [-0.2, 0) is 0 Å². The molecule has 0 aromatic heterocycles. The van der Waals surface area contributed by atoms with E-state index in [1.165, 1.54) is 38.3 Å². The maximum atomic E-state index is 8.40. The Balaban J connectivity index is 3.35. The third-order valence-corrected chi connectivity index (χ3v) is 2.24. The molecule has 0 unspecified atom stereocenters. The molecule has 0 aromatic rings. The molecule has 0 saturated carbocycles. The average molecular weight is 200 g/mol. The molecule has 3 heteroatoms. The standard InChI is InChI=1S/C11H24N2O/c1-4-5-6-7-8-9-12-11(2,3)10-13-14/h10,12,14H,4-9H2,1-3H3/b13-10-. The van der Waals surface area contributed by atoms with Crippen molar-refractivity contribution in [1.29, 1.82) is 0 Å². The van der Waals surface area contributed by atoms with Crippen LogP contribution in [0.5, 0.6) is 0 Å². The van der Waals surface area contributed by atoms with Crippen molar-refractivity contribution in [2.45, 2.75) is 58.4 Å². The van der Waals surface area contributed by atoms with Crippen LogP contribution in [0.25, 0.3) is 0 Å². The highest BCUT2D eigenvalue weighted by atomic mass is 16.4. The summed E-state index contributed by atoms with van der Waals surface area (Å²) in [7, 11) is 0. The van der Waals surface area contributed by atoms with E-state index in [0.717, 1.165) is 6.54 Å². The summed E-state index contributed by atoms with van der Waals surface area (Å²) in [4.78, 5) is 0. The lowest BCUT2D eigenvalue weighted by Gasteiger charge is -2.20. The van der Waals surface area contributed by atoms with Gasteiger partial charge in [-0.1, -0.05) is 32.6 Å². The number of rotatable bonds is 8. The zero-order valence-corrected chi connectivity index (χ0v) is 9.71. The van der Waals surface area contributed by atoms with Gasteiger partial charge in [0.1, 0.15) is 0 Å². The summed E-state index contributed by atoms with van der Waals surface area (Å²) >= 11 is 0. The van der Waals surface area contributed by atoms with Gasteiger partial charge >= 0.3 is 0 Å². The predicted octanol–water partition coefficient (Wildman–Crippen LogP) is 2.79. The summed E-state index contributed by atoms with van der Waals surface area (Å²) in [6, 6.07) is 0. The molecule has 0 fully saturated rings. The normalized spacial score (nSPS) is 12.5. The van der Waals surface area contributed by atoms with Crippen molar-refractivity contribution in [3.8, 4) is 0 Å². The molecule has 2 N–H and O–H groups in total. The molecule has 0 radical (unpaired) electrons. The Hall–Kier alpha value is -0.570. The highest BCUT2D eigenvalue weighted by Crippen LogP contribution is 2.03. The number of oxime groups is 1. The molecular formula is C11H24N2O. The monoisotopic (exact) mass is 200 g/mol. The van der Waals surface area contributed by atoms with Crippen LogP contribution in [0.4, 0.5) is 0 Å². The third kappa shape index (κ3) is 8.05. The van der Waals surface area contributed by atoms with Crippen LogP contribution in [0.15, 0.2) is 5.16 Å². The number of nitrogens with zero attached hydrogens (tertiary/aromatic N) is 1. The summed E-state index contributed by atoms with van der Waals surface area (Å²) in [5, 5.41) is 14.8. The maximum absolute atomic E-state index is 8.40. The van der Waals surface area contributed by atoms with Gasteiger partial charge in [0.2, 0.25) is 0 Å². The molecule has 0 bridgehead atoms. The number of nitrogens with one attached hydrogen (secondary N) is 1. The van der Waals surface area contributed by atoms with E-state index in [2.05, 4.69) is 17.4 Å². The SMILES string of the molecule is CCCCCCCNC(C)(C)/C=N\O. The summed E-state index contributed by atoms with van der Waals surface area (Å²) in [5.74, 6) is 0. The van der Waals surface area contributed by atoms with Crippen LogP contribution in [0, 0.1) is 0 Å². The third-order valence-electron chi connectivity index (χ3n) is 2.24. The van der Waals surface area contributed by atoms with Gasteiger partial charge in [0.05, 0.1) is 11.8 Å². The fraction of sp³-hybridized carbons (Fsp3) is 0.909. The van der Waals surface area contributed by atoms with Gasteiger partial charge < -0.3 is 10.5 Å². The largest absolute Gasteiger partial charge is 0.411 e. The lowest BCUT2D eigenvalue weighted by molar-refractivity contribution is 0.315. The quantitative estimate of drug-likeness (QED) is 0.274. The van der Waals surface area contributed by atoms with E-state index in [9.17, 15) is 0 Å². The minimum Gasteiger partial charge on any atom is -0.411 e. The minimum atomic E-state index is -0.195. The molecule has 0 heterocycles. The lowest BCUT2D eigenvalue weighted by atomic mass is 10.1. The Kier molecular flexibility index (Phi) is 7.48. The molecule has 14 heavy (non-hydrogen) atoms. The first kappa shape index (κ1) is 13.4. The van der Waals surface area contributed by atoms with Crippen LogP contribution in [-0.4, -0.2) is 23.5 Å². The van der Waals surface area contributed by atoms with Gasteiger partial charge in [-0.15, -0.1) is 5.16 Å². The zero-order chi connectivity index (χ0) is 10.9. The summed E-state index contributed by atoms with van der Waals surface area (Å²) in [5.41, 5.74) is -0.195. The second kappa shape index (κ2) is 7.80. The highest BCUT2D eigenvalue weighted by Gasteiger charge is 2.12. The second-order valence-electron chi connectivity index (χ2n) is 4.31. The molecule has 0 aromatic carbocycles. The molecule has 0 spiro atoms. The van der Waals surface area contributed by atoms with Crippen molar-refractivity contribution >= 4 is 6.21 Å². The molecular weight excluding hydrogens is 176 g/mol. The zero-order valence-electron chi connectivity index (χ0n) is 9.71. The van der Waals surface area contributed by atoms with Crippen molar-refractivity contribution in [2.24, 2.45) is 5.16 Å². The number of unbranched alkanes of at least 4 members (excludes halogenated alkanes) is 4. The smallest absolute Gasteiger partial charge is 0.0631 e. The molecule has 0 aliphatic heterocycles. The van der Waals surface area contributed by atoms with E-state index >= 15 is 0 Å². The van der Waals surface area contributed by atoms with Gasteiger partial charge in [0.25, 0.3) is 0 Å². The van der Waals surface area contributed by atoms with Crippen molar-refractivity contribution in [1.82, 2.24) is 5.32 Å². The summed E-state index contributed by atoms with van der Waals surface area (Å²) in [6.45, 7) is 7.21. The Bertz CT molecular complexity index is 155. The first-order valence-corrected chi connectivity index (χ1v) is 5.56. The van der Waals surface area contributed by atoms with Crippen molar-refractivity contribution in [2.75, 3.05) is 6.54 Å². The Labute approximate surface area is 87.6 Å².